The normalized spacial score (nSPS) is 10.7. The van der Waals surface area contributed by atoms with E-state index in [4.69, 9.17) is 0 Å². The summed E-state index contributed by atoms with van der Waals surface area (Å²) >= 11 is 0. The Morgan fingerprint density at radius 2 is 1.78 bits per heavy atom. The molecule has 2 aromatic heterocycles. The van der Waals surface area contributed by atoms with E-state index in [2.05, 4.69) is 15.6 Å². The summed E-state index contributed by atoms with van der Waals surface area (Å²) in [5.41, 5.74) is 6.53. The molecule has 4 aromatic rings. The lowest BCUT2D eigenvalue weighted by Gasteiger charge is -2.10. The fourth-order valence-corrected chi connectivity index (χ4v) is 3.04. The van der Waals surface area contributed by atoms with Gasteiger partial charge in [-0.05, 0) is 49.7 Å². The quantitative estimate of drug-likeness (QED) is 0.526. The van der Waals surface area contributed by atoms with E-state index in [0.29, 0.717) is 0 Å². The van der Waals surface area contributed by atoms with Crippen molar-refractivity contribution in [2.45, 2.75) is 13.8 Å². The zero-order valence-electron chi connectivity index (χ0n) is 15.2. The van der Waals surface area contributed by atoms with Crippen molar-refractivity contribution in [3.8, 4) is 11.3 Å². The van der Waals surface area contributed by atoms with Crippen LogP contribution in [0.3, 0.4) is 0 Å². The number of fused-ring (bicyclic) bond motifs is 1. The summed E-state index contributed by atoms with van der Waals surface area (Å²) in [5.74, 6) is 0. The summed E-state index contributed by atoms with van der Waals surface area (Å²) in [6, 6.07) is 19.2. The van der Waals surface area contributed by atoms with Crippen molar-refractivity contribution in [1.82, 2.24) is 9.38 Å². The molecule has 0 aliphatic carbocycles. The van der Waals surface area contributed by atoms with E-state index in [9.17, 15) is 4.79 Å². The van der Waals surface area contributed by atoms with Gasteiger partial charge in [-0.15, -0.1) is 0 Å². The van der Waals surface area contributed by atoms with Gasteiger partial charge in [0.15, 0.2) is 0 Å². The molecule has 0 radical (unpaired) electrons. The third-order valence-electron chi connectivity index (χ3n) is 4.43. The Labute approximate surface area is 157 Å². The first-order chi connectivity index (χ1) is 13.1. The molecule has 0 aliphatic heterocycles. The average molecular weight is 356 g/mol. The Bertz CT molecular complexity index is 1080. The lowest BCUT2D eigenvalue weighted by atomic mass is 10.1. The molecule has 5 nitrogen and oxygen atoms in total. The molecular weight excluding hydrogens is 336 g/mol. The SMILES string of the molecule is Cc1ccc(NC(=O)Nc2ccc(-c3cn4ccccc4n3)cc2)c(C)c1. The summed E-state index contributed by atoms with van der Waals surface area (Å²) in [6.45, 7) is 4.01. The number of aromatic nitrogens is 2. The van der Waals surface area contributed by atoms with Gasteiger partial charge in [0.25, 0.3) is 0 Å². The third kappa shape index (κ3) is 3.67. The minimum Gasteiger partial charge on any atom is -0.308 e. The Hall–Kier alpha value is -3.60. The topological polar surface area (TPSA) is 58.4 Å². The number of amides is 2. The number of hydrogen-bond donors (Lipinski definition) is 2. The summed E-state index contributed by atoms with van der Waals surface area (Å²) in [6.07, 6.45) is 3.96. The molecule has 5 heteroatoms. The van der Waals surface area contributed by atoms with E-state index in [-0.39, 0.29) is 6.03 Å². The Morgan fingerprint density at radius 3 is 2.52 bits per heavy atom. The molecule has 134 valence electrons. The first-order valence-corrected chi connectivity index (χ1v) is 8.78. The van der Waals surface area contributed by atoms with Gasteiger partial charge in [-0.2, -0.15) is 0 Å². The number of carbonyl (C=O) groups excluding carboxylic acids is 1. The highest BCUT2D eigenvalue weighted by molar-refractivity contribution is 6.00. The van der Waals surface area contributed by atoms with Crippen LogP contribution in [0.1, 0.15) is 11.1 Å². The van der Waals surface area contributed by atoms with E-state index in [1.165, 1.54) is 5.56 Å². The van der Waals surface area contributed by atoms with Crippen LogP contribution < -0.4 is 10.6 Å². The number of hydrogen-bond acceptors (Lipinski definition) is 2. The van der Waals surface area contributed by atoms with Crippen molar-refractivity contribution < 1.29 is 4.79 Å². The smallest absolute Gasteiger partial charge is 0.308 e. The number of nitrogens with one attached hydrogen (secondary N) is 2. The highest BCUT2D eigenvalue weighted by atomic mass is 16.2. The van der Waals surface area contributed by atoms with Crippen molar-refractivity contribution in [3.05, 3.63) is 84.2 Å². The van der Waals surface area contributed by atoms with Crippen molar-refractivity contribution in [2.24, 2.45) is 0 Å². The minimum atomic E-state index is -0.262. The maximum Gasteiger partial charge on any atom is 0.323 e. The number of aryl methyl sites for hydroxylation is 2. The highest BCUT2D eigenvalue weighted by Gasteiger charge is 2.07. The fourth-order valence-electron chi connectivity index (χ4n) is 3.04. The van der Waals surface area contributed by atoms with Gasteiger partial charge in [0.05, 0.1) is 5.69 Å². The van der Waals surface area contributed by atoms with E-state index >= 15 is 0 Å². The maximum absolute atomic E-state index is 12.3. The number of benzene rings is 2. The molecule has 27 heavy (non-hydrogen) atoms. The van der Waals surface area contributed by atoms with E-state index in [1.807, 2.05) is 91.3 Å². The standard InChI is InChI=1S/C22H20N4O/c1-15-6-11-19(16(2)13-15)25-22(27)23-18-9-7-17(8-10-18)20-14-26-12-4-3-5-21(26)24-20/h3-14H,1-2H3,(H2,23,25,27). The lowest BCUT2D eigenvalue weighted by Crippen LogP contribution is -2.19. The molecule has 4 rings (SSSR count). The molecule has 0 saturated heterocycles. The van der Waals surface area contributed by atoms with Crippen LogP contribution in [0.15, 0.2) is 73.1 Å². The first-order valence-electron chi connectivity index (χ1n) is 8.78. The largest absolute Gasteiger partial charge is 0.323 e. The summed E-state index contributed by atoms with van der Waals surface area (Å²) in [4.78, 5) is 16.9. The van der Waals surface area contributed by atoms with Crippen LogP contribution in [-0.2, 0) is 0 Å². The average Bonchev–Trinajstić information content (AvgIpc) is 3.09. The number of carbonyl (C=O) groups is 1. The van der Waals surface area contributed by atoms with Gasteiger partial charge in [-0.3, -0.25) is 0 Å². The van der Waals surface area contributed by atoms with Crippen molar-refractivity contribution in [1.29, 1.82) is 0 Å². The number of imidazole rings is 1. The van der Waals surface area contributed by atoms with Crippen LogP contribution in [0.4, 0.5) is 16.2 Å². The molecule has 2 N–H and O–H groups in total. The van der Waals surface area contributed by atoms with Crippen LogP contribution in [0.25, 0.3) is 16.9 Å². The number of nitrogens with zero attached hydrogens (tertiary/aromatic N) is 2. The summed E-state index contributed by atoms with van der Waals surface area (Å²) < 4.78 is 1.98. The van der Waals surface area contributed by atoms with Gasteiger partial charge in [0.1, 0.15) is 5.65 Å². The number of pyridine rings is 1. The molecule has 0 atom stereocenters. The summed E-state index contributed by atoms with van der Waals surface area (Å²) in [5, 5.41) is 5.75. The predicted octanol–water partition coefficient (Wildman–Crippen LogP) is 5.26. The maximum atomic E-state index is 12.3. The zero-order chi connectivity index (χ0) is 18.8. The van der Waals surface area contributed by atoms with Gasteiger partial charge < -0.3 is 15.0 Å². The molecule has 2 amide bonds. The first kappa shape index (κ1) is 16.8. The monoisotopic (exact) mass is 356 g/mol. The molecular formula is C22H20N4O. The van der Waals surface area contributed by atoms with Gasteiger partial charge in [-0.1, -0.05) is 35.9 Å². The number of anilines is 2. The van der Waals surface area contributed by atoms with Crippen molar-refractivity contribution in [3.63, 3.8) is 0 Å². The van der Waals surface area contributed by atoms with Crippen LogP contribution >= 0.6 is 0 Å². The number of rotatable bonds is 3. The predicted molar refractivity (Wildman–Crippen MR) is 109 cm³/mol. The number of urea groups is 1. The van der Waals surface area contributed by atoms with Crippen molar-refractivity contribution >= 4 is 23.1 Å². The van der Waals surface area contributed by atoms with Gasteiger partial charge in [0.2, 0.25) is 0 Å². The molecule has 0 spiro atoms. The Morgan fingerprint density at radius 1 is 0.963 bits per heavy atom. The molecule has 0 saturated carbocycles. The van der Waals surface area contributed by atoms with E-state index < -0.39 is 0 Å². The van der Waals surface area contributed by atoms with Crippen LogP contribution in [-0.4, -0.2) is 15.4 Å². The van der Waals surface area contributed by atoms with E-state index in [0.717, 1.165) is 33.8 Å². The van der Waals surface area contributed by atoms with Crippen LogP contribution in [0, 0.1) is 13.8 Å². The molecule has 0 unspecified atom stereocenters. The lowest BCUT2D eigenvalue weighted by molar-refractivity contribution is 0.262. The second kappa shape index (κ2) is 6.96. The summed E-state index contributed by atoms with van der Waals surface area (Å²) in [7, 11) is 0. The molecule has 0 bridgehead atoms. The zero-order valence-corrected chi connectivity index (χ0v) is 15.2. The molecule has 0 fully saturated rings. The highest BCUT2D eigenvalue weighted by Crippen LogP contribution is 2.22. The van der Waals surface area contributed by atoms with Gasteiger partial charge >= 0.3 is 6.03 Å². The van der Waals surface area contributed by atoms with Gasteiger partial charge in [-0.25, -0.2) is 9.78 Å². The molecule has 2 aromatic carbocycles. The van der Waals surface area contributed by atoms with Crippen LogP contribution in [0.2, 0.25) is 0 Å². The second-order valence-corrected chi connectivity index (χ2v) is 6.57. The van der Waals surface area contributed by atoms with E-state index in [1.54, 1.807) is 0 Å². The Balaban J connectivity index is 1.46. The third-order valence-corrected chi connectivity index (χ3v) is 4.43. The molecule has 0 aliphatic rings. The molecule has 2 heterocycles. The van der Waals surface area contributed by atoms with Crippen molar-refractivity contribution in [2.75, 3.05) is 10.6 Å². The Kier molecular flexibility index (Phi) is 4.34. The fraction of sp³-hybridized carbons (Fsp3) is 0.0909. The van der Waals surface area contributed by atoms with Gasteiger partial charge in [0, 0.05) is 29.3 Å². The second-order valence-electron chi connectivity index (χ2n) is 6.57. The minimum absolute atomic E-state index is 0.262. The van der Waals surface area contributed by atoms with Crippen LogP contribution in [0.5, 0.6) is 0 Å².